The molecule has 1 amide bonds. The fraction of sp³-hybridized carbons (Fsp3) is 0.154. The summed E-state index contributed by atoms with van der Waals surface area (Å²) in [4.78, 5) is 24.4. The number of aromatic amines is 1. The Morgan fingerprint density at radius 2 is 2.05 bits per heavy atom. The molecule has 104 valence electrons. The molecule has 1 heterocycles. The summed E-state index contributed by atoms with van der Waals surface area (Å²) in [5.74, 6) is -0.398. The first-order chi connectivity index (χ1) is 9.61. The number of aromatic nitrogens is 1. The van der Waals surface area contributed by atoms with E-state index in [4.69, 9.17) is 5.73 Å². The van der Waals surface area contributed by atoms with E-state index >= 15 is 0 Å². The average molecular weight is 274 g/mol. The minimum Gasteiger partial charge on any atom is -0.351 e. The number of carbonyl (C=O) groups is 1. The second-order valence-electron chi connectivity index (χ2n) is 4.18. The van der Waals surface area contributed by atoms with Gasteiger partial charge in [-0.2, -0.15) is 0 Å². The van der Waals surface area contributed by atoms with Gasteiger partial charge in [0.25, 0.3) is 11.6 Å². The maximum absolute atomic E-state index is 11.9. The summed E-state index contributed by atoms with van der Waals surface area (Å²) in [7, 11) is 0. The first-order valence-electron chi connectivity index (χ1n) is 5.99. The molecular weight excluding hydrogens is 260 g/mol. The largest absolute Gasteiger partial charge is 0.351 e. The zero-order valence-corrected chi connectivity index (χ0v) is 10.6. The molecule has 0 atom stereocenters. The fourth-order valence-electron chi connectivity index (χ4n) is 1.82. The van der Waals surface area contributed by atoms with Crippen molar-refractivity contribution in [3.63, 3.8) is 0 Å². The van der Waals surface area contributed by atoms with E-state index in [1.807, 2.05) is 24.3 Å². The predicted octanol–water partition coefficient (Wildman–Crippen LogP) is 1.31. The summed E-state index contributed by atoms with van der Waals surface area (Å²) in [6.45, 7) is 0.707. The van der Waals surface area contributed by atoms with Crippen molar-refractivity contribution >= 4 is 11.6 Å². The first kappa shape index (κ1) is 13.8. The highest BCUT2D eigenvalue weighted by atomic mass is 16.6. The summed E-state index contributed by atoms with van der Waals surface area (Å²) < 4.78 is 0. The molecule has 0 spiro atoms. The zero-order valence-electron chi connectivity index (χ0n) is 10.6. The van der Waals surface area contributed by atoms with Gasteiger partial charge in [0.1, 0.15) is 5.69 Å². The van der Waals surface area contributed by atoms with Crippen LogP contribution in [0, 0.1) is 10.1 Å². The van der Waals surface area contributed by atoms with Gasteiger partial charge in [-0.1, -0.05) is 24.3 Å². The van der Waals surface area contributed by atoms with Gasteiger partial charge in [0.15, 0.2) is 0 Å². The quantitative estimate of drug-likeness (QED) is 0.563. The van der Waals surface area contributed by atoms with Crippen LogP contribution in [0.25, 0.3) is 0 Å². The lowest BCUT2D eigenvalue weighted by atomic mass is 10.1. The number of benzene rings is 1. The number of hydrogen-bond donors (Lipinski definition) is 3. The minimum atomic E-state index is -0.559. The average Bonchev–Trinajstić information content (AvgIpc) is 2.95. The van der Waals surface area contributed by atoms with Crippen LogP contribution in [0.1, 0.15) is 21.6 Å². The van der Waals surface area contributed by atoms with E-state index in [2.05, 4.69) is 10.3 Å². The molecule has 0 radical (unpaired) electrons. The van der Waals surface area contributed by atoms with E-state index in [1.54, 1.807) is 0 Å². The number of nitro groups is 1. The van der Waals surface area contributed by atoms with Crippen LogP contribution in [0.2, 0.25) is 0 Å². The highest BCUT2D eigenvalue weighted by molar-refractivity contribution is 5.93. The molecule has 1 aromatic heterocycles. The van der Waals surface area contributed by atoms with E-state index in [0.717, 1.165) is 11.1 Å². The summed E-state index contributed by atoms with van der Waals surface area (Å²) in [6, 6.07) is 8.70. The SMILES string of the molecule is NCc1ccccc1CNC(=O)c1cc([N+](=O)[O-])c[nH]1. The second kappa shape index (κ2) is 5.98. The number of amides is 1. The summed E-state index contributed by atoms with van der Waals surface area (Å²) in [5, 5.41) is 13.2. The van der Waals surface area contributed by atoms with E-state index in [-0.39, 0.29) is 11.4 Å². The summed E-state index contributed by atoms with van der Waals surface area (Å²) in [5.41, 5.74) is 7.49. The molecule has 0 unspecified atom stereocenters. The lowest BCUT2D eigenvalue weighted by Gasteiger charge is -2.08. The van der Waals surface area contributed by atoms with E-state index in [1.165, 1.54) is 12.3 Å². The molecular formula is C13H14N4O3. The van der Waals surface area contributed by atoms with E-state index in [9.17, 15) is 14.9 Å². The number of nitrogens with two attached hydrogens (primary N) is 1. The number of nitrogens with one attached hydrogen (secondary N) is 2. The Bertz CT molecular complexity index is 636. The van der Waals surface area contributed by atoms with Gasteiger partial charge in [-0.15, -0.1) is 0 Å². The lowest BCUT2D eigenvalue weighted by Crippen LogP contribution is -2.24. The third-order valence-electron chi connectivity index (χ3n) is 2.90. The molecule has 0 fully saturated rings. The molecule has 0 saturated heterocycles. The number of H-pyrrole nitrogens is 1. The third kappa shape index (κ3) is 3.01. The van der Waals surface area contributed by atoms with Crippen molar-refractivity contribution in [1.82, 2.24) is 10.3 Å². The molecule has 7 nitrogen and oxygen atoms in total. The molecule has 20 heavy (non-hydrogen) atoms. The first-order valence-corrected chi connectivity index (χ1v) is 5.99. The standard InChI is InChI=1S/C13H14N4O3/c14-6-9-3-1-2-4-10(9)7-16-13(18)12-5-11(8-15-12)17(19)20/h1-5,8,15H,6-7,14H2,(H,16,18). The Hall–Kier alpha value is -2.67. The third-order valence-corrected chi connectivity index (χ3v) is 2.90. The molecule has 0 aliphatic carbocycles. The van der Waals surface area contributed by atoms with Gasteiger partial charge < -0.3 is 16.0 Å². The van der Waals surface area contributed by atoms with Crippen molar-refractivity contribution in [2.45, 2.75) is 13.1 Å². The molecule has 7 heteroatoms. The van der Waals surface area contributed by atoms with Crippen LogP contribution in [0.3, 0.4) is 0 Å². The molecule has 4 N–H and O–H groups in total. The van der Waals surface area contributed by atoms with Gasteiger partial charge >= 0.3 is 0 Å². The monoisotopic (exact) mass is 274 g/mol. The van der Waals surface area contributed by atoms with Crippen LogP contribution in [-0.2, 0) is 13.1 Å². The molecule has 2 aromatic rings. The van der Waals surface area contributed by atoms with Crippen LogP contribution in [0.15, 0.2) is 36.5 Å². The molecule has 0 bridgehead atoms. The van der Waals surface area contributed by atoms with Gasteiger partial charge in [0.05, 0.1) is 11.1 Å². The van der Waals surface area contributed by atoms with E-state index in [0.29, 0.717) is 13.1 Å². The van der Waals surface area contributed by atoms with E-state index < -0.39 is 10.8 Å². The Morgan fingerprint density at radius 1 is 1.35 bits per heavy atom. The van der Waals surface area contributed by atoms with Crippen LogP contribution >= 0.6 is 0 Å². The Morgan fingerprint density at radius 3 is 2.65 bits per heavy atom. The number of hydrogen-bond acceptors (Lipinski definition) is 4. The molecule has 1 aromatic carbocycles. The predicted molar refractivity (Wildman–Crippen MR) is 73.0 cm³/mol. The van der Waals surface area contributed by atoms with Crippen LogP contribution < -0.4 is 11.1 Å². The molecule has 0 aliphatic rings. The summed E-state index contributed by atoms with van der Waals surface area (Å²) in [6.07, 6.45) is 1.18. The fourth-order valence-corrected chi connectivity index (χ4v) is 1.82. The van der Waals surface area contributed by atoms with Crippen molar-refractivity contribution in [3.05, 3.63) is 63.5 Å². The number of nitrogens with zero attached hydrogens (tertiary/aromatic N) is 1. The van der Waals surface area contributed by atoms with Crippen molar-refractivity contribution in [1.29, 1.82) is 0 Å². The maximum Gasteiger partial charge on any atom is 0.287 e. The lowest BCUT2D eigenvalue weighted by molar-refractivity contribution is -0.384. The highest BCUT2D eigenvalue weighted by Gasteiger charge is 2.14. The molecule has 2 rings (SSSR count). The molecule has 0 saturated carbocycles. The van der Waals surface area contributed by atoms with Crippen molar-refractivity contribution in [2.75, 3.05) is 0 Å². The second-order valence-corrected chi connectivity index (χ2v) is 4.18. The Balaban J connectivity index is 2.03. The van der Waals surface area contributed by atoms with Crippen LogP contribution in [-0.4, -0.2) is 15.8 Å². The van der Waals surface area contributed by atoms with Crippen molar-refractivity contribution in [3.8, 4) is 0 Å². The topological polar surface area (TPSA) is 114 Å². The van der Waals surface area contributed by atoms with Gasteiger partial charge in [-0.05, 0) is 11.1 Å². The Kier molecular flexibility index (Phi) is 4.11. The summed E-state index contributed by atoms with van der Waals surface area (Å²) >= 11 is 0. The van der Waals surface area contributed by atoms with Gasteiger partial charge in [0, 0.05) is 19.2 Å². The van der Waals surface area contributed by atoms with Crippen molar-refractivity contribution in [2.24, 2.45) is 5.73 Å². The number of rotatable bonds is 5. The number of carbonyl (C=O) groups excluding carboxylic acids is 1. The smallest absolute Gasteiger partial charge is 0.287 e. The van der Waals surface area contributed by atoms with Crippen LogP contribution in [0.4, 0.5) is 5.69 Å². The minimum absolute atomic E-state index is 0.141. The normalized spacial score (nSPS) is 10.2. The van der Waals surface area contributed by atoms with Gasteiger partial charge in [-0.25, -0.2) is 0 Å². The van der Waals surface area contributed by atoms with Gasteiger partial charge in [-0.3, -0.25) is 14.9 Å². The van der Waals surface area contributed by atoms with Crippen molar-refractivity contribution < 1.29 is 9.72 Å². The maximum atomic E-state index is 11.9. The van der Waals surface area contributed by atoms with Crippen LogP contribution in [0.5, 0.6) is 0 Å². The Labute approximate surface area is 114 Å². The highest BCUT2D eigenvalue weighted by Crippen LogP contribution is 2.12. The molecule has 0 aliphatic heterocycles. The van der Waals surface area contributed by atoms with Gasteiger partial charge in [0.2, 0.25) is 0 Å². The zero-order chi connectivity index (χ0) is 14.5.